The average molecular weight is 307 g/mol. The molecule has 4 nitrogen and oxygen atoms in total. The number of rotatable bonds is 5. The molecule has 0 spiro atoms. The minimum atomic E-state index is -4.73. The van der Waals surface area contributed by atoms with Gasteiger partial charge in [0.25, 0.3) is 0 Å². The summed E-state index contributed by atoms with van der Waals surface area (Å²) in [6, 6.07) is 1.99. The molecule has 0 aliphatic heterocycles. The molecule has 108 valence electrons. The summed E-state index contributed by atoms with van der Waals surface area (Å²) in [6.45, 7) is 1.36. The standard InChI is InChI=1S/C12H10ClF3N2O2/c1-7(19)3-2-4-20-11-8(6-17)9(12(14,15)16)5-10(13)18-11/h5H,2-4H2,1H3. The van der Waals surface area contributed by atoms with Crippen molar-refractivity contribution in [2.75, 3.05) is 6.61 Å². The highest BCUT2D eigenvalue weighted by Gasteiger charge is 2.36. The number of alkyl halides is 3. The van der Waals surface area contributed by atoms with Crippen molar-refractivity contribution in [1.29, 1.82) is 5.26 Å². The van der Waals surface area contributed by atoms with Gasteiger partial charge in [-0.3, -0.25) is 0 Å². The number of ketones is 1. The monoisotopic (exact) mass is 306 g/mol. The average Bonchev–Trinajstić information content (AvgIpc) is 2.32. The Labute approximate surface area is 118 Å². The number of nitrogens with zero attached hydrogens (tertiary/aromatic N) is 2. The predicted octanol–water partition coefficient (Wildman–Crippen LogP) is 3.37. The van der Waals surface area contributed by atoms with Crippen LogP contribution < -0.4 is 4.74 Å². The minimum absolute atomic E-state index is 0.0289. The molecule has 0 aliphatic rings. The van der Waals surface area contributed by atoms with Crippen LogP contribution in [0.2, 0.25) is 5.15 Å². The van der Waals surface area contributed by atoms with Gasteiger partial charge in [-0.25, -0.2) is 4.98 Å². The largest absolute Gasteiger partial charge is 0.477 e. The first kappa shape index (κ1) is 16.2. The maximum atomic E-state index is 12.8. The van der Waals surface area contributed by atoms with Crippen LogP contribution in [0.3, 0.4) is 0 Å². The molecule has 0 N–H and O–H groups in total. The highest BCUT2D eigenvalue weighted by Crippen LogP contribution is 2.36. The summed E-state index contributed by atoms with van der Waals surface area (Å²) in [6.07, 6.45) is -4.18. The number of Topliss-reactive ketones (excluding diaryl/α,β-unsaturated/α-hetero) is 1. The molecule has 0 aliphatic carbocycles. The molecule has 20 heavy (non-hydrogen) atoms. The Balaban J connectivity index is 2.99. The van der Waals surface area contributed by atoms with E-state index in [9.17, 15) is 18.0 Å². The Morgan fingerprint density at radius 2 is 2.20 bits per heavy atom. The molecule has 0 aromatic carbocycles. The van der Waals surface area contributed by atoms with E-state index < -0.39 is 28.3 Å². The Bertz CT molecular complexity index is 553. The third kappa shape index (κ3) is 4.38. The fourth-order valence-corrected chi connectivity index (χ4v) is 1.60. The minimum Gasteiger partial charge on any atom is -0.477 e. The summed E-state index contributed by atoms with van der Waals surface area (Å²) in [4.78, 5) is 14.3. The molecule has 8 heteroatoms. The van der Waals surface area contributed by atoms with E-state index in [-0.39, 0.29) is 18.8 Å². The van der Waals surface area contributed by atoms with E-state index in [4.69, 9.17) is 21.6 Å². The zero-order valence-corrected chi connectivity index (χ0v) is 11.2. The van der Waals surface area contributed by atoms with E-state index in [1.165, 1.54) is 13.0 Å². The summed E-state index contributed by atoms with van der Waals surface area (Å²) in [5.41, 5.74) is -1.91. The van der Waals surface area contributed by atoms with Gasteiger partial charge < -0.3 is 9.53 Å². The first-order valence-electron chi connectivity index (χ1n) is 5.55. The molecule has 0 unspecified atom stereocenters. The fourth-order valence-electron chi connectivity index (χ4n) is 1.42. The quantitative estimate of drug-likeness (QED) is 0.618. The predicted molar refractivity (Wildman–Crippen MR) is 64.4 cm³/mol. The first-order valence-corrected chi connectivity index (χ1v) is 5.93. The van der Waals surface area contributed by atoms with E-state index >= 15 is 0 Å². The van der Waals surface area contributed by atoms with Crippen LogP contribution in [0.15, 0.2) is 6.07 Å². The maximum Gasteiger partial charge on any atom is 0.417 e. The number of nitriles is 1. The van der Waals surface area contributed by atoms with Crippen molar-refractivity contribution in [3.8, 4) is 11.9 Å². The summed E-state index contributed by atoms with van der Waals surface area (Å²) in [5.74, 6) is -0.542. The van der Waals surface area contributed by atoms with Crippen LogP contribution in [0.5, 0.6) is 5.88 Å². The fraction of sp³-hybridized carbons (Fsp3) is 0.417. The molecule has 0 radical (unpaired) electrons. The molecule has 0 bridgehead atoms. The van der Waals surface area contributed by atoms with Crippen LogP contribution in [-0.4, -0.2) is 17.4 Å². The highest BCUT2D eigenvalue weighted by atomic mass is 35.5. The molecule has 1 rings (SSSR count). The Morgan fingerprint density at radius 3 is 2.70 bits per heavy atom. The van der Waals surface area contributed by atoms with Gasteiger partial charge in [0, 0.05) is 6.42 Å². The number of aromatic nitrogens is 1. The van der Waals surface area contributed by atoms with Crippen LogP contribution in [0, 0.1) is 11.3 Å². The highest BCUT2D eigenvalue weighted by molar-refractivity contribution is 6.29. The number of carbonyl (C=O) groups is 1. The Hall–Kier alpha value is -1.81. The second-order valence-electron chi connectivity index (χ2n) is 3.94. The van der Waals surface area contributed by atoms with Crippen LogP contribution >= 0.6 is 11.6 Å². The smallest absolute Gasteiger partial charge is 0.417 e. The van der Waals surface area contributed by atoms with Crippen molar-refractivity contribution >= 4 is 17.4 Å². The molecular weight excluding hydrogens is 297 g/mol. The summed E-state index contributed by atoms with van der Waals surface area (Å²) in [5, 5.41) is 8.41. The topological polar surface area (TPSA) is 63.0 Å². The summed E-state index contributed by atoms with van der Waals surface area (Å²) < 4.78 is 43.3. The van der Waals surface area contributed by atoms with Crippen molar-refractivity contribution in [1.82, 2.24) is 4.98 Å². The molecular formula is C12H10ClF3N2O2. The lowest BCUT2D eigenvalue weighted by Gasteiger charge is -2.12. The van der Waals surface area contributed by atoms with Crippen molar-refractivity contribution in [2.24, 2.45) is 0 Å². The second-order valence-corrected chi connectivity index (χ2v) is 4.32. The van der Waals surface area contributed by atoms with Gasteiger partial charge in [-0.2, -0.15) is 18.4 Å². The van der Waals surface area contributed by atoms with Crippen molar-refractivity contribution in [2.45, 2.75) is 25.9 Å². The van der Waals surface area contributed by atoms with Crippen molar-refractivity contribution in [3.05, 3.63) is 22.3 Å². The van der Waals surface area contributed by atoms with Gasteiger partial charge in [-0.15, -0.1) is 0 Å². The van der Waals surface area contributed by atoms with E-state index in [1.807, 2.05) is 0 Å². The number of pyridine rings is 1. The zero-order chi connectivity index (χ0) is 15.3. The number of hydrogen-bond donors (Lipinski definition) is 0. The lowest BCUT2D eigenvalue weighted by molar-refractivity contribution is -0.138. The Kier molecular flexibility index (Phi) is 5.34. The van der Waals surface area contributed by atoms with Crippen LogP contribution in [0.4, 0.5) is 13.2 Å². The van der Waals surface area contributed by atoms with E-state index in [2.05, 4.69) is 4.98 Å². The van der Waals surface area contributed by atoms with Gasteiger partial charge in [0.2, 0.25) is 5.88 Å². The Morgan fingerprint density at radius 1 is 1.55 bits per heavy atom. The van der Waals surface area contributed by atoms with E-state index in [1.54, 1.807) is 0 Å². The van der Waals surface area contributed by atoms with E-state index in [0.29, 0.717) is 12.5 Å². The van der Waals surface area contributed by atoms with Crippen LogP contribution in [0.1, 0.15) is 30.9 Å². The number of carbonyl (C=O) groups excluding carboxylic acids is 1. The number of ether oxygens (including phenoxy) is 1. The van der Waals surface area contributed by atoms with Crippen LogP contribution in [-0.2, 0) is 11.0 Å². The first-order chi connectivity index (χ1) is 9.25. The third-order valence-corrected chi connectivity index (χ3v) is 2.48. The molecule has 0 atom stereocenters. The third-order valence-electron chi connectivity index (χ3n) is 2.28. The lowest BCUT2D eigenvalue weighted by Crippen LogP contribution is -2.11. The lowest BCUT2D eigenvalue weighted by atomic mass is 10.1. The SMILES string of the molecule is CC(=O)CCCOc1nc(Cl)cc(C(F)(F)F)c1C#N. The molecule has 0 amide bonds. The van der Waals surface area contributed by atoms with Crippen LogP contribution in [0.25, 0.3) is 0 Å². The van der Waals surface area contributed by atoms with Gasteiger partial charge in [0.05, 0.1) is 12.2 Å². The van der Waals surface area contributed by atoms with Gasteiger partial charge in [-0.05, 0) is 19.4 Å². The summed E-state index contributed by atoms with van der Waals surface area (Å²) in [7, 11) is 0. The normalized spacial score (nSPS) is 11.0. The molecule has 1 heterocycles. The van der Waals surface area contributed by atoms with Gasteiger partial charge >= 0.3 is 6.18 Å². The van der Waals surface area contributed by atoms with Gasteiger partial charge in [0.1, 0.15) is 22.6 Å². The second kappa shape index (κ2) is 6.57. The zero-order valence-electron chi connectivity index (χ0n) is 10.4. The van der Waals surface area contributed by atoms with Gasteiger partial charge in [-0.1, -0.05) is 11.6 Å². The van der Waals surface area contributed by atoms with Crippen molar-refractivity contribution < 1.29 is 22.7 Å². The summed E-state index contributed by atoms with van der Waals surface area (Å²) >= 11 is 5.49. The van der Waals surface area contributed by atoms with E-state index in [0.717, 1.165) is 0 Å². The molecule has 0 fully saturated rings. The van der Waals surface area contributed by atoms with Gasteiger partial charge in [0.15, 0.2) is 0 Å². The molecule has 0 saturated carbocycles. The number of hydrogen-bond acceptors (Lipinski definition) is 4. The molecule has 0 saturated heterocycles. The molecule has 1 aromatic heterocycles. The maximum absolute atomic E-state index is 12.8. The van der Waals surface area contributed by atoms with Crippen molar-refractivity contribution in [3.63, 3.8) is 0 Å². The number of halogens is 4. The molecule has 1 aromatic rings.